The van der Waals surface area contributed by atoms with E-state index in [4.69, 9.17) is 5.73 Å². The van der Waals surface area contributed by atoms with Crippen LogP contribution in [0.25, 0.3) is 0 Å². The van der Waals surface area contributed by atoms with Gasteiger partial charge in [0.1, 0.15) is 0 Å². The number of nitrogens with two attached hydrogens (primary N) is 1. The number of anilines is 1. The van der Waals surface area contributed by atoms with Crippen LogP contribution in [0.2, 0.25) is 0 Å². The predicted molar refractivity (Wildman–Crippen MR) is 76.6 cm³/mol. The zero-order valence-electron chi connectivity index (χ0n) is 12.0. The van der Waals surface area contributed by atoms with E-state index in [2.05, 4.69) is 0 Å². The SMILES string of the molecule is CCN(C(=O)[C@@H](N)C(C)(C)C)c1ccccc1C. The first-order valence-corrected chi connectivity index (χ1v) is 6.41. The molecule has 1 amide bonds. The van der Waals surface area contributed by atoms with Crippen molar-refractivity contribution in [2.45, 2.75) is 40.7 Å². The Kier molecular flexibility index (Phi) is 4.52. The van der Waals surface area contributed by atoms with E-state index < -0.39 is 6.04 Å². The summed E-state index contributed by atoms with van der Waals surface area (Å²) < 4.78 is 0. The van der Waals surface area contributed by atoms with Crippen LogP contribution in [0.3, 0.4) is 0 Å². The van der Waals surface area contributed by atoms with Crippen molar-refractivity contribution in [1.29, 1.82) is 0 Å². The highest BCUT2D eigenvalue weighted by molar-refractivity contribution is 5.98. The number of carbonyl (C=O) groups is 1. The third-order valence-corrected chi connectivity index (χ3v) is 3.19. The van der Waals surface area contributed by atoms with E-state index >= 15 is 0 Å². The van der Waals surface area contributed by atoms with E-state index in [-0.39, 0.29) is 11.3 Å². The highest BCUT2D eigenvalue weighted by Gasteiger charge is 2.31. The molecule has 100 valence electrons. The van der Waals surface area contributed by atoms with Gasteiger partial charge in [-0.15, -0.1) is 0 Å². The maximum Gasteiger partial charge on any atom is 0.244 e. The number of hydrogen-bond donors (Lipinski definition) is 1. The zero-order valence-corrected chi connectivity index (χ0v) is 12.0. The van der Waals surface area contributed by atoms with Crippen LogP contribution >= 0.6 is 0 Å². The lowest BCUT2D eigenvalue weighted by Gasteiger charge is -2.32. The lowest BCUT2D eigenvalue weighted by atomic mass is 9.86. The lowest BCUT2D eigenvalue weighted by Crippen LogP contribution is -2.50. The molecule has 0 bridgehead atoms. The molecule has 0 heterocycles. The fraction of sp³-hybridized carbons (Fsp3) is 0.533. The molecule has 0 spiro atoms. The lowest BCUT2D eigenvalue weighted by molar-refractivity contribution is -0.121. The molecule has 3 nitrogen and oxygen atoms in total. The van der Waals surface area contributed by atoms with Gasteiger partial charge in [0, 0.05) is 12.2 Å². The third kappa shape index (κ3) is 3.10. The molecule has 0 aliphatic carbocycles. The van der Waals surface area contributed by atoms with Gasteiger partial charge in [0.15, 0.2) is 0 Å². The van der Waals surface area contributed by atoms with Crippen LogP contribution in [0.1, 0.15) is 33.3 Å². The molecule has 0 saturated heterocycles. The molecule has 18 heavy (non-hydrogen) atoms. The van der Waals surface area contributed by atoms with Gasteiger partial charge in [-0.2, -0.15) is 0 Å². The average Bonchev–Trinajstić information content (AvgIpc) is 2.30. The standard InChI is InChI=1S/C15H24N2O/c1-6-17(12-10-8-7-9-11(12)2)14(18)13(16)15(3,4)5/h7-10,13H,6,16H2,1-5H3/t13-/m1/s1. The third-order valence-electron chi connectivity index (χ3n) is 3.19. The van der Waals surface area contributed by atoms with Crippen LogP contribution in [-0.2, 0) is 4.79 Å². The highest BCUT2D eigenvalue weighted by Crippen LogP contribution is 2.24. The van der Waals surface area contributed by atoms with E-state index in [1.54, 1.807) is 4.90 Å². The summed E-state index contributed by atoms with van der Waals surface area (Å²) in [5, 5.41) is 0. The molecule has 1 atom stereocenters. The van der Waals surface area contributed by atoms with Crippen molar-refractivity contribution in [3.8, 4) is 0 Å². The fourth-order valence-electron chi connectivity index (χ4n) is 1.85. The van der Waals surface area contributed by atoms with Crippen LogP contribution < -0.4 is 10.6 Å². The van der Waals surface area contributed by atoms with Crippen molar-refractivity contribution < 1.29 is 4.79 Å². The molecule has 0 aromatic heterocycles. The Bertz CT molecular complexity index is 421. The highest BCUT2D eigenvalue weighted by atomic mass is 16.2. The minimum atomic E-state index is -0.489. The van der Waals surface area contributed by atoms with Gasteiger partial charge in [-0.25, -0.2) is 0 Å². The van der Waals surface area contributed by atoms with Gasteiger partial charge in [-0.3, -0.25) is 4.79 Å². The summed E-state index contributed by atoms with van der Waals surface area (Å²) in [4.78, 5) is 14.2. The monoisotopic (exact) mass is 248 g/mol. The van der Waals surface area contributed by atoms with Crippen LogP contribution in [0.4, 0.5) is 5.69 Å². The zero-order chi connectivity index (χ0) is 13.9. The van der Waals surface area contributed by atoms with Crippen molar-refractivity contribution in [2.24, 2.45) is 11.1 Å². The second-order valence-electron chi connectivity index (χ2n) is 5.71. The number of aryl methyl sites for hydroxylation is 1. The van der Waals surface area contributed by atoms with Gasteiger partial charge in [0.05, 0.1) is 6.04 Å². The van der Waals surface area contributed by atoms with Gasteiger partial charge < -0.3 is 10.6 Å². The normalized spacial score (nSPS) is 13.2. The van der Waals surface area contributed by atoms with E-state index in [1.807, 2.05) is 58.9 Å². The van der Waals surface area contributed by atoms with E-state index in [1.165, 1.54) is 0 Å². The molecule has 3 heteroatoms. The number of benzene rings is 1. The summed E-state index contributed by atoms with van der Waals surface area (Å²) in [7, 11) is 0. The van der Waals surface area contributed by atoms with Crippen LogP contribution in [0.5, 0.6) is 0 Å². The van der Waals surface area contributed by atoms with Gasteiger partial charge in [-0.05, 0) is 30.9 Å². The Morgan fingerprint density at radius 3 is 2.33 bits per heavy atom. The Morgan fingerprint density at radius 1 is 1.33 bits per heavy atom. The number of amides is 1. The van der Waals surface area contributed by atoms with E-state index in [0.29, 0.717) is 6.54 Å². The second kappa shape index (κ2) is 5.53. The average molecular weight is 248 g/mol. The maximum absolute atomic E-state index is 12.5. The molecule has 1 aromatic rings. The molecule has 0 radical (unpaired) electrons. The molecule has 1 aromatic carbocycles. The molecular weight excluding hydrogens is 224 g/mol. The van der Waals surface area contributed by atoms with Crippen molar-refractivity contribution in [3.05, 3.63) is 29.8 Å². The largest absolute Gasteiger partial charge is 0.319 e. The summed E-state index contributed by atoms with van der Waals surface area (Å²) in [6.07, 6.45) is 0. The topological polar surface area (TPSA) is 46.3 Å². The second-order valence-corrected chi connectivity index (χ2v) is 5.71. The van der Waals surface area contributed by atoms with Crippen LogP contribution in [0, 0.1) is 12.3 Å². The molecule has 0 unspecified atom stereocenters. The number of hydrogen-bond acceptors (Lipinski definition) is 2. The number of para-hydroxylation sites is 1. The predicted octanol–water partition coefficient (Wildman–Crippen LogP) is 2.72. The number of rotatable bonds is 3. The number of likely N-dealkylation sites (N-methyl/N-ethyl adjacent to an activating group) is 1. The van der Waals surface area contributed by atoms with Crippen molar-refractivity contribution in [1.82, 2.24) is 0 Å². The Labute approximate surface area is 110 Å². The summed E-state index contributed by atoms with van der Waals surface area (Å²) in [5.41, 5.74) is 7.88. The van der Waals surface area contributed by atoms with Crippen molar-refractivity contribution in [2.75, 3.05) is 11.4 Å². The quantitative estimate of drug-likeness (QED) is 0.894. The first-order valence-electron chi connectivity index (χ1n) is 6.41. The van der Waals surface area contributed by atoms with Gasteiger partial charge >= 0.3 is 0 Å². The maximum atomic E-state index is 12.5. The Balaban J connectivity index is 3.05. The van der Waals surface area contributed by atoms with Crippen molar-refractivity contribution >= 4 is 11.6 Å². The van der Waals surface area contributed by atoms with Crippen LogP contribution in [-0.4, -0.2) is 18.5 Å². The van der Waals surface area contributed by atoms with Crippen molar-refractivity contribution in [3.63, 3.8) is 0 Å². The Hall–Kier alpha value is -1.35. The fourth-order valence-corrected chi connectivity index (χ4v) is 1.85. The first-order chi connectivity index (χ1) is 8.29. The first kappa shape index (κ1) is 14.7. The summed E-state index contributed by atoms with van der Waals surface area (Å²) in [6.45, 7) is 10.6. The Morgan fingerprint density at radius 2 is 1.89 bits per heavy atom. The molecule has 0 saturated carbocycles. The summed E-state index contributed by atoms with van der Waals surface area (Å²) >= 11 is 0. The molecule has 0 fully saturated rings. The molecule has 0 aliphatic heterocycles. The minimum absolute atomic E-state index is 0.0145. The van der Waals surface area contributed by atoms with E-state index in [9.17, 15) is 4.79 Å². The summed E-state index contributed by atoms with van der Waals surface area (Å²) in [5.74, 6) is -0.0145. The number of carbonyl (C=O) groups excluding carboxylic acids is 1. The number of nitrogens with zero attached hydrogens (tertiary/aromatic N) is 1. The minimum Gasteiger partial charge on any atom is -0.319 e. The molecule has 0 aliphatic rings. The van der Waals surface area contributed by atoms with Gasteiger partial charge in [-0.1, -0.05) is 39.0 Å². The van der Waals surface area contributed by atoms with Crippen LogP contribution in [0.15, 0.2) is 24.3 Å². The van der Waals surface area contributed by atoms with Gasteiger partial charge in [0.2, 0.25) is 5.91 Å². The van der Waals surface area contributed by atoms with E-state index in [0.717, 1.165) is 11.3 Å². The molecule has 2 N–H and O–H groups in total. The smallest absolute Gasteiger partial charge is 0.244 e. The molecular formula is C15H24N2O. The van der Waals surface area contributed by atoms with Gasteiger partial charge in [0.25, 0.3) is 0 Å². The summed E-state index contributed by atoms with van der Waals surface area (Å²) in [6, 6.07) is 7.40. The molecule has 1 rings (SSSR count).